The summed E-state index contributed by atoms with van der Waals surface area (Å²) in [6, 6.07) is 7.04. The lowest BCUT2D eigenvalue weighted by molar-refractivity contribution is 0.184. The normalized spacial score (nSPS) is 12.0. The number of hydrogen-bond acceptors (Lipinski definition) is 3. The smallest absolute Gasteiger partial charge is 0.319 e. The fourth-order valence-electron chi connectivity index (χ4n) is 1.65. The molecular weight excluding hydrogens is 268 g/mol. The van der Waals surface area contributed by atoms with Crippen LogP contribution in [0.2, 0.25) is 0 Å². The molecule has 5 nitrogen and oxygen atoms in total. The van der Waals surface area contributed by atoms with E-state index in [9.17, 15) is 4.79 Å². The van der Waals surface area contributed by atoms with Gasteiger partial charge in [0.05, 0.1) is 12.7 Å². The first kappa shape index (κ1) is 17.3. The topological polar surface area (TPSA) is 70.6 Å². The van der Waals surface area contributed by atoms with Gasteiger partial charge < -0.3 is 20.5 Å². The summed E-state index contributed by atoms with van der Waals surface area (Å²) in [7, 11) is 0. The van der Waals surface area contributed by atoms with E-state index in [1.165, 1.54) is 0 Å². The molecule has 1 unspecified atom stereocenters. The number of carbonyl (C=O) groups excluding carboxylic acids is 1. The molecule has 118 valence electrons. The van der Waals surface area contributed by atoms with E-state index < -0.39 is 6.10 Å². The van der Waals surface area contributed by atoms with Crippen molar-refractivity contribution in [2.75, 3.05) is 18.5 Å². The van der Waals surface area contributed by atoms with Crippen LogP contribution in [0, 0.1) is 5.92 Å². The van der Waals surface area contributed by atoms with Gasteiger partial charge in [-0.2, -0.15) is 0 Å². The first-order valence-electron chi connectivity index (χ1n) is 7.43. The van der Waals surface area contributed by atoms with Crippen LogP contribution >= 0.6 is 0 Å². The molecule has 2 amide bonds. The standard InChI is InChI=1S/C16H26N2O3/c1-12(2)8-10-21-15-6-4-5-14(11-15)18-16(20)17-9-7-13(3)19/h4-6,11-13,19H,7-10H2,1-3H3,(H2,17,18,20). The maximum absolute atomic E-state index is 11.7. The summed E-state index contributed by atoms with van der Waals surface area (Å²) in [6.07, 6.45) is 1.12. The molecule has 0 aliphatic heterocycles. The van der Waals surface area contributed by atoms with Crippen molar-refractivity contribution < 1.29 is 14.6 Å². The van der Waals surface area contributed by atoms with E-state index in [1.807, 2.05) is 18.2 Å². The monoisotopic (exact) mass is 294 g/mol. The van der Waals surface area contributed by atoms with E-state index in [-0.39, 0.29) is 6.03 Å². The van der Waals surface area contributed by atoms with Crippen LogP contribution in [-0.4, -0.2) is 30.4 Å². The van der Waals surface area contributed by atoms with Crippen LogP contribution in [-0.2, 0) is 0 Å². The summed E-state index contributed by atoms with van der Waals surface area (Å²) < 4.78 is 5.65. The highest BCUT2D eigenvalue weighted by atomic mass is 16.5. The molecule has 0 spiro atoms. The highest BCUT2D eigenvalue weighted by Crippen LogP contribution is 2.17. The number of rotatable bonds is 8. The number of amides is 2. The first-order valence-corrected chi connectivity index (χ1v) is 7.43. The molecule has 1 aromatic rings. The maximum Gasteiger partial charge on any atom is 0.319 e. The SMILES string of the molecule is CC(C)CCOc1cccc(NC(=O)NCCC(C)O)c1. The zero-order valence-electron chi connectivity index (χ0n) is 13.1. The lowest BCUT2D eigenvalue weighted by atomic mass is 10.1. The number of urea groups is 1. The van der Waals surface area contributed by atoms with Gasteiger partial charge in [-0.3, -0.25) is 0 Å². The van der Waals surface area contributed by atoms with Gasteiger partial charge in [-0.05, 0) is 37.8 Å². The number of aliphatic hydroxyl groups is 1. The second-order valence-electron chi connectivity index (χ2n) is 5.58. The van der Waals surface area contributed by atoms with Gasteiger partial charge >= 0.3 is 6.03 Å². The Hall–Kier alpha value is -1.75. The van der Waals surface area contributed by atoms with Gasteiger partial charge in [0.25, 0.3) is 0 Å². The molecule has 1 rings (SSSR count). The Morgan fingerprint density at radius 2 is 2.05 bits per heavy atom. The molecule has 0 radical (unpaired) electrons. The summed E-state index contributed by atoms with van der Waals surface area (Å²) >= 11 is 0. The Labute approximate surface area is 126 Å². The van der Waals surface area contributed by atoms with E-state index in [0.29, 0.717) is 31.2 Å². The molecule has 0 aliphatic carbocycles. The summed E-state index contributed by atoms with van der Waals surface area (Å²) in [5.41, 5.74) is 0.687. The Bertz CT molecular complexity index is 433. The van der Waals surface area contributed by atoms with Crippen molar-refractivity contribution >= 4 is 11.7 Å². The molecule has 0 heterocycles. The zero-order valence-corrected chi connectivity index (χ0v) is 13.1. The molecular formula is C16H26N2O3. The van der Waals surface area contributed by atoms with Crippen LogP contribution in [0.3, 0.4) is 0 Å². The molecule has 1 atom stereocenters. The third-order valence-electron chi connectivity index (χ3n) is 2.90. The minimum Gasteiger partial charge on any atom is -0.494 e. The van der Waals surface area contributed by atoms with E-state index in [0.717, 1.165) is 12.2 Å². The van der Waals surface area contributed by atoms with Crippen LogP contribution in [0.15, 0.2) is 24.3 Å². The van der Waals surface area contributed by atoms with Crippen molar-refractivity contribution in [3.05, 3.63) is 24.3 Å². The summed E-state index contributed by atoms with van der Waals surface area (Å²) in [4.78, 5) is 11.7. The molecule has 21 heavy (non-hydrogen) atoms. The minimum atomic E-state index is -0.414. The van der Waals surface area contributed by atoms with Crippen LogP contribution in [0.4, 0.5) is 10.5 Å². The quantitative estimate of drug-likeness (QED) is 0.690. The molecule has 0 fully saturated rings. The van der Waals surface area contributed by atoms with Crippen molar-refractivity contribution in [1.29, 1.82) is 0 Å². The van der Waals surface area contributed by atoms with Crippen molar-refractivity contribution in [1.82, 2.24) is 5.32 Å². The van der Waals surface area contributed by atoms with Gasteiger partial charge in [0.2, 0.25) is 0 Å². The summed E-state index contributed by atoms with van der Waals surface area (Å²) in [6.45, 7) is 7.10. The minimum absolute atomic E-state index is 0.282. The number of aliphatic hydroxyl groups excluding tert-OH is 1. The predicted octanol–water partition coefficient (Wildman–Crippen LogP) is 3.00. The van der Waals surface area contributed by atoms with Crippen molar-refractivity contribution in [3.63, 3.8) is 0 Å². The van der Waals surface area contributed by atoms with Crippen LogP contribution < -0.4 is 15.4 Å². The third kappa shape index (κ3) is 8.19. The number of anilines is 1. The Balaban J connectivity index is 2.39. The van der Waals surface area contributed by atoms with Crippen molar-refractivity contribution in [3.8, 4) is 5.75 Å². The molecule has 3 N–H and O–H groups in total. The van der Waals surface area contributed by atoms with Crippen LogP contribution in [0.5, 0.6) is 5.75 Å². The van der Waals surface area contributed by atoms with Crippen LogP contribution in [0.1, 0.15) is 33.6 Å². The molecule has 5 heteroatoms. The lowest BCUT2D eigenvalue weighted by Gasteiger charge is -2.11. The van der Waals surface area contributed by atoms with Gasteiger partial charge in [-0.25, -0.2) is 4.79 Å². The van der Waals surface area contributed by atoms with Crippen molar-refractivity contribution in [2.24, 2.45) is 5.92 Å². The maximum atomic E-state index is 11.7. The van der Waals surface area contributed by atoms with Crippen molar-refractivity contribution in [2.45, 2.75) is 39.7 Å². The number of hydrogen-bond donors (Lipinski definition) is 3. The lowest BCUT2D eigenvalue weighted by Crippen LogP contribution is -2.30. The molecule has 0 aliphatic rings. The average Bonchev–Trinajstić information content (AvgIpc) is 2.38. The Kier molecular flexibility index (Phi) is 7.61. The van der Waals surface area contributed by atoms with Gasteiger partial charge in [-0.15, -0.1) is 0 Å². The van der Waals surface area contributed by atoms with Gasteiger partial charge in [0.1, 0.15) is 5.75 Å². The number of nitrogens with one attached hydrogen (secondary N) is 2. The highest BCUT2D eigenvalue weighted by molar-refractivity contribution is 5.89. The second-order valence-corrected chi connectivity index (χ2v) is 5.58. The number of ether oxygens (including phenoxy) is 1. The largest absolute Gasteiger partial charge is 0.494 e. The Morgan fingerprint density at radius 1 is 1.29 bits per heavy atom. The van der Waals surface area contributed by atoms with Gasteiger partial charge in [0.15, 0.2) is 0 Å². The number of carbonyl (C=O) groups is 1. The second kappa shape index (κ2) is 9.23. The predicted molar refractivity (Wildman–Crippen MR) is 84.7 cm³/mol. The molecule has 0 saturated heterocycles. The van der Waals surface area contributed by atoms with E-state index in [1.54, 1.807) is 13.0 Å². The molecule has 0 bridgehead atoms. The summed E-state index contributed by atoms with van der Waals surface area (Å²) in [5, 5.41) is 14.6. The third-order valence-corrected chi connectivity index (χ3v) is 2.90. The fraction of sp³-hybridized carbons (Fsp3) is 0.562. The average molecular weight is 294 g/mol. The molecule has 1 aromatic carbocycles. The van der Waals surface area contributed by atoms with Gasteiger partial charge in [-0.1, -0.05) is 19.9 Å². The van der Waals surface area contributed by atoms with Gasteiger partial charge in [0, 0.05) is 18.3 Å². The van der Waals surface area contributed by atoms with E-state index in [4.69, 9.17) is 9.84 Å². The Morgan fingerprint density at radius 3 is 2.71 bits per heavy atom. The molecule has 0 saturated carbocycles. The van der Waals surface area contributed by atoms with E-state index in [2.05, 4.69) is 24.5 Å². The van der Waals surface area contributed by atoms with E-state index >= 15 is 0 Å². The molecule has 0 aromatic heterocycles. The highest BCUT2D eigenvalue weighted by Gasteiger charge is 2.04. The first-order chi connectivity index (χ1) is 9.97. The van der Waals surface area contributed by atoms with Crippen LogP contribution in [0.25, 0.3) is 0 Å². The summed E-state index contributed by atoms with van der Waals surface area (Å²) in [5.74, 6) is 1.35. The fourth-order valence-corrected chi connectivity index (χ4v) is 1.65. The zero-order chi connectivity index (χ0) is 15.7. The number of benzene rings is 1.